The topological polar surface area (TPSA) is 71.3 Å². The summed E-state index contributed by atoms with van der Waals surface area (Å²) in [6.07, 6.45) is 0. The molecule has 0 saturated carbocycles. The lowest BCUT2D eigenvalue weighted by Crippen LogP contribution is -2.41. The zero-order chi connectivity index (χ0) is 18.0. The van der Waals surface area contributed by atoms with Crippen LogP contribution in [-0.2, 0) is 0 Å². The summed E-state index contributed by atoms with van der Waals surface area (Å²) in [7, 11) is 0. The van der Waals surface area contributed by atoms with E-state index in [0.717, 1.165) is 10.4 Å². The Hall–Kier alpha value is -2.93. The van der Waals surface area contributed by atoms with Crippen molar-refractivity contribution in [2.75, 3.05) is 0 Å². The van der Waals surface area contributed by atoms with Crippen LogP contribution in [0.3, 0.4) is 0 Å². The molecule has 0 radical (unpaired) electrons. The van der Waals surface area contributed by atoms with Crippen molar-refractivity contribution in [3.63, 3.8) is 0 Å². The molecule has 0 atom stereocenters. The highest BCUT2D eigenvalue weighted by molar-refractivity contribution is 7.17. The van der Waals surface area contributed by atoms with Crippen LogP contribution in [0.1, 0.15) is 31.6 Å². The van der Waals surface area contributed by atoms with Crippen molar-refractivity contribution < 1.29 is 18.4 Å². The largest absolute Gasteiger partial charge is 0.466 e. The Labute approximate surface area is 147 Å². The van der Waals surface area contributed by atoms with E-state index in [2.05, 4.69) is 10.9 Å². The number of nitrogens with one attached hydrogen (secondary N) is 2. The van der Waals surface area contributed by atoms with E-state index in [-0.39, 0.29) is 5.82 Å². The number of carbonyl (C=O) groups is 2. The zero-order valence-electron chi connectivity index (χ0n) is 13.6. The number of benzene rings is 1. The molecule has 2 amide bonds. The molecule has 25 heavy (non-hydrogen) atoms. The molecule has 2 N–H and O–H groups in total. The molecule has 3 aromatic rings. The van der Waals surface area contributed by atoms with Crippen LogP contribution in [0.4, 0.5) is 4.39 Å². The van der Waals surface area contributed by atoms with Crippen LogP contribution in [0, 0.1) is 19.7 Å². The quantitative estimate of drug-likeness (QED) is 0.699. The lowest BCUT2D eigenvalue weighted by Gasteiger charge is -2.05. The van der Waals surface area contributed by atoms with Crippen LogP contribution in [0.25, 0.3) is 10.4 Å². The first kappa shape index (κ1) is 16.9. The zero-order valence-corrected chi connectivity index (χ0v) is 14.4. The van der Waals surface area contributed by atoms with Gasteiger partial charge >= 0.3 is 0 Å². The van der Waals surface area contributed by atoms with Crippen LogP contribution >= 0.6 is 11.3 Å². The average Bonchev–Trinajstić information content (AvgIpc) is 3.20. The molecule has 5 nitrogen and oxygen atoms in total. The molecule has 3 rings (SSSR count). The summed E-state index contributed by atoms with van der Waals surface area (Å²) >= 11 is 1.25. The van der Waals surface area contributed by atoms with E-state index >= 15 is 0 Å². The predicted molar refractivity (Wildman–Crippen MR) is 92.8 cm³/mol. The Morgan fingerprint density at radius 3 is 2.32 bits per heavy atom. The smallest absolute Gasteiger partial charge is 0.279 e. The molecule has 0 spiro atoms. The van der Waals surface area contributed by atoms with E-state index in [1.54, 1.807) is 44.2 Å². The first-order chi connectivity index (χ1) is 11.9. The highest BCUT2D eigenvalue weighted by Gasteiger charge is 2.15. The minimum absolute atomic E-state index is 0.314. The van der Waals surface area contributed by atoms with Crippen molar-refractivity contribution in [2.45, 2.75) is 13.8 Å². The molecule has 7 heteroatoms. The lowest BCUT2D eigenvalue weighted by atomic mass is 10.2. The highest BCUT2D eigenvalue weighted by Crippen LogP contribution is 2.28. The van der Waals surface area contributed by atoms with Gasteiger partial charge in [0.25, 0.3) is 11.8 Å². The van der Waals surface area contributed by atoms with Gasteiger partial charge in [0.2, 0.25) is 0 Å². The number of carbonyl (C=O) groups excluding carboxylic acids is 2. The van der Waals surface area contributed by atoms with E-state index in [1.807, 2.05) is 0 Å². The Morgan fingerprint density at radius 2 is 1.68 bits per heavy atom. The maximum absolute atomic E-state index is 13.0. The van der Waals surface area contributed by atoms with Gasteiger partial charge in [0.1, 0.15) is 17.3 Å². The van der Waals surface area contributed by atoms with E-state index in [9.17, 15) is 14.0 Å². The van der Waals surface area contributed by atoms with E-state index in [1.165, 1.54) is 23.5 Å². The summed E-state index contributed by atoms with van der Waals surface area (Å²) in [4.78, 5) is 25.5. The van der Waals surface area contributed by atoms with Gasteiger partial charge in [-0.25, -0.2) is 4.39 Å². The van der Waals surface area contributed by atoms with Gasteiger partial charge in [-0.15, -0.1) is 11.3 Å². The standard InChI is InChI=1S/C18H15FN2O3S/c1-10-9-14(11(2)24-10)17(22)20-21-18(23)16-8-7-15(25-16)12-3-5-13(19)6-4-12/h3-9H,1-2H3,(H,20,22)(H,21,23). The van der Waals surface area contributed by atoms with Crippen LogP contribution in [0.2, 0.25) is 0 Å². The van der Waals surface area contributed by atoms with Gasteiger partial charge in [-0.1, -0.05) is 12.1 Å². The minimum Gasteiger partial charge on any atom is -0.466 e. The number of halogens is 1. The Kier molecular flexibility index (Phi) is 4.67. The average molecular weight is 358 g/mol. The molecule has 0 aliphatic rings. The fourth-order valence-electron chi connectivity index (χ4n) is 2.33. The summed E-state index contributed by atoms with van der Waals surface area (Å²) in [5.74, 6) is -0.0801. The summed E-state index contributed by atoms with van der Waals surface area (Å²) in [5, 5.41) is 0. The lowest BCUT2D eigenvalue weighted by molar-refractivity contribution is 0.0848. The second kappa shape index (κ2) is 6.90. The second-order valence-corrected chi connectivity index (χ2v) is 6.49. The summed E-state index contributed by atoms with van der Waals surface area (Å²) in [5.41, 5.74) is 5.93. The third-order valence-corrected chi connectivity index (χ3v) is 4.67. The number of aryl methyl sites for hydroxylation is 2. The molecule has 2 aromatic heterocycles. The SMILES string of the molecule is Cc1cc(C(=O)NNC(=O)c2ccc(-c3ccc(F)cc3)s2)c(C)o1. The van der Waals surface area contributed by atoms with Crippen molar-refractivity contribution >= 4 is 23.2 Å². The third kappa shape index (κ3) is 3.77. The van der Waals surface area contributed by atoms with Crippen molar-refractivity contribution in [1.29, 1.82) is 0 Å². The first-order valence-corrected chi connectivity index (χ1v) is 8.29. The molecule has 0 saturated heterocycles. The summed E-state index contributed by atoms with van der Waals surface area (Å²) < 4.78 is 18.3. The highest BCUT2D eigenvalue weighted by atomic mass is 32.1. The fraction of sp³-hybridized carbons (Fsp3) is 0.111. The van der Waals surface area contributed by atoms with Gasteiger partial charge in [-0.2, -0.15) is 0 Å². The molecule has 0 aliphatic carbocycles. The van der Waals surface area contributed by atoms with Gasteiger partial charge in [0.15, 0.2) is 0 Å². The number of hydrazine groups is 1. The molecule has 1 aromatic carbocycles. The fourth-order valence-corrected chi connectivity index (χ4v) is 3.23. The van der Waals surface area contributed by atoms with Crippen LogP contribution in [-0.4, -0.2) is 11.8 Å². The van der Waals surface area contributed by atoms with E-state index in [0.29, 0.717) is 22.0 Å². The monoisotopic (exact) mass is 358 g/mol. The number of thiophene rings is 1. The Morgan fingerprint density at radius 1 is 1.00 bits per heavy atom. The van der Waals surface area contributed by atoms with Crippen molar-refractivity contribution in [1.82, 2.24) is 10.9 Å². The Bertz CT molecular complexity index is 928. The number of hydrogen-bond donors (Lipinski definition) is 2. The third-order valence-electron chi connectivity index (χ3n) is 3.53. The normalized spacial score (nSPS) is 10.5. The molecule has 0 fully saturated rings. The van der Waals surface area contributed by atoms with Gasteiger partial charge in [-0.05, 0) is 49.7 Å². The number of amides is 2. The number of furan rings is 1. The first-order valence-electron chi connectivity index (χ1n) is 7.47. The van der Waals surface area contributed by atoms with Crippen molar-refractivity contribution in [3.8, 4) is 10.4 Å². The molecular weight excluding hydrogens is 343 g/mol. The molecule has 0 aliphatic heterocycles. The minimum atomic E-state index is -0.446. The van der Waals surface area contributed by atoms with Gasteiger partial charge < -0.3 is 4.42 Å². The van der Waals surface area contributed by atoms with Gasteiger partial charge in [0.05, 0.1) is 10.4 Å². The maximum Gasteiger partial charge on any atom is 0.279 e. The molecule has 2 heterocycles. The van der Waals surface area contributed by atoms with Gasteiger partial charge in [0, 0.05) is 4.88 Å². The molecule has 0 bridgehead atoms. The maximum atomic E-state index is 13.0. The van der Waals surface area contributed by atoms with Crippen LogP contribution in [0.15, 0.2) is 46.9 Å². The van der Waals surface area contributed by atoms with Crippen molar-refractivity contribution in [2.24, 2.45) is 0 Å². The summed E-state index contributed by atoms with van der Waals surface area (Å²) in [6, 6.07) is 11.1. The summed E-state index contributed by atoms with van der Waals surface area (Å²) in [6.45, 7) is 3.42. The molecular formula is C18H15FN2O3S. The van der Waals surface area contributed by atoms with Crippen LogP contribution < -0.4 is 10.9 Å². The van der Waals surface area contributed by atoms with E-state index in [4.69, 9.17) is 4.42 Å². The number of rotatable bonds is 3. The van der Waals surface area contributed by atoms with E-state index < -0.39 is 11.8 Å². The van der Waals surface area contributed by atoms with Crippen LogP contribution in [0.5, 0.6) is 0 Å². The molecule has 0 unspecified atom stereocenters. The predicted octanol–water partition coefficient (Wildman–Crippen LogP) is 3.84. The molecule has 128 valence electrons. The second-order valence-electron chi connectivity index (χ2n) is 5.41. The Balaban J connectivity index is 1.65. The van der Waals surface area contributed by atoms with Gasteiger partial charge in [-0.3, -0.25) is 20.4 Å². The number of hydrogen-bond acceptors (Lipinski definition) is 4. The van der Waals surface area contributed by atoms with Crippen molar-refractivity contribution in [3.05, 3.63) is 70.2 Å².